The second-order valence-corrected chi connectivity index (χ2v) is 6.20. The lowest BCUT2D eigenvalue weighted by atomic mass is 9.65. The van der Waals surface area contributed by atoms with Crippen LogP contribution in [0.5, 0.6) is 0 Å². The van der Waals surface area contributed by atoms with Gasteiger partial charge in [0.15, 0.2) is 0 Å². The second kappa shape index (κ2) is 5.23. The molecule has 3 heteroatoms. The van der Waals surface area contributed by atoms with Crippen LogP contribution in [0.1, 0.15) is 24.8 Å². The molecule has 0 radical (unpaired) electrons. The molecule has 1 aromatic rings. The Balaban J connectivity index is 1.71. The standard InChI is InChI=1S/C16H24N2O/c17-12-16(19)14-7-4-8-15(16)11-18(10-14)9-13-5-2-1-3-6-13/h1-3,5-6,14-15,19H,4,7-12,17H2. The third-order valence-electron chi connectivity index (χ3n) is 5.05. The van der Waals surface area contributed by atoms with Gasteiger partial charge in [0.25, 0.3) is 0 Å². The monoisotopic (exact) mass is 260 g/mol. The van der Waals surface area contributed by atoms with E-state index in [9.17, 15) is 5.11 Å². The van der Waals surface area contributed by atoms with E-state index in [1.807, 2.05) is 0 Å². The highest BCUT2D eigenvalue weighted by molar-refractivity contribution is 5.15. The predicted octanol–water partition coefficient (Wildman–Crippen LogP) is 1.61. The topological polar surface area (TPSA) is 49.5 Å². The molecule has 0 amide bonds. The van der Waals surface area contributed by atoms with Crippen molar-refractivity contribution in [2.24, 2.45) is 17.6 Å². The second-order valence-electron chi connectivity index (χ2n) is 6.20. The zero-order chi connectivity index (χ0) is 13.3. The van der Waals surface area contributed by atoms with Crippen molar-refractivity contribution >= 4 is 0 Å². The smallest absolute Gasteiger partial charge is 0.0849 e. The Kier molecular flexibility index (Phi) is 3.61. The number of hydrogen-bond donors (Lipinski definition) is 2. The van der Waals surface area contributed by atoms with Crippen molar-refractivity contribution in [2.45, 2.75) is 31.4 Å². The molecule has 2 bridgehead atoms. The van der Waals surface area contributed by atoms with Crippen molar-refractivity contribution in [1.82, 2.24) is 4.90 Å². The quantitative estimate of drug-likeness (QED) is 0.868. The Morgan fingerprint density at radius 3 is 2.37 bits per heavy atom. The third-order valence-corrected chi connectivity index (χ3v) is 5.05. The number of nitrogens with two attached hydrogens (primary N) is 1. The first-order chi connectivity index (χ1) is 9.22. The van der Waals surface area contributed by atoms with Crippen LogP contribution in [0.15, 0.2) is 30.3 Å². The summed E-state index contributed by atoms with van der Waals surface area (Å²) in [6, 6.07) is 10.6. The van der Waals surface area contributed by atoms with Crippen molar-refractivity contribution in [2.75, 3.05) is 19.6 Å². The first-order valence-corrected chi connectivity index (χ1v) is 7.41. The summed E-state index contributed by atoms with van der Waals surface area (Å²) in [6.07, 6.45) is 3.49. The summed E-state index contributed by atoms with van der Waals surface area (Å²) in [7, 11) is 0. The van der Waals surface area contributed by atoms with Gasteiger partial charge >= 0.3 is 0 Å². The molecule has 0 spiro atoms. The molecular weight excluding hydrogens is 236 g/mol. The maximum absolute atomic E-state index is 10.8. The lowest BCUT2D eigenvalue weighted by Gasteiger charge is -2.52. The van der Waals surface area contributed by atoms with Crippen LogP contribution in [0.3, 0.4) is 0 Å². The molecule has 3 rings (SSSR count). The largest absolute Gasteiger partial charge is 0.388 e. The van der Waals surface area contributed by atoms with Crippen molar-refractivity contribution in [3.8, 4) is 0 Å². The van der Waals surface area contributed by atoms with Crippen molar-refractivity contribution < 1.29 is 5.11 Å². The summed E-state index contributed by atoms with van der Waals surface area (Å²) in [5.74, 6) is 0.711. The van der Waals surface area contributed by atoms with Crippen LogP contribution in [0, 0.1) is 11.8 Å². The molecule has 1 aliphatic heterocycles. The highest BCUT2D eigenvalue weighted by atomic mass is 16.3. The van der Waals surface area contributed by atoms with Crippen molar-refractivity contribution in [3.63, 3.8) is 0 Å². The molecule has 19 heavy (non-hydrogen) atoms. The zero-order valence-electron chi connectivity index (χ0n) is 11.5. The fraction of sp³-hybridized carbons (Fsp3) is 0.625. The number of nitrogens with zero attached hydrogens (tertiary/aromatic N) is 1. The first-order valence-electron chi connectivity index (χ1n) is 7.41. The molecule has 2 fully saturated rings. The van der Waals surface area contributed by atoms with Crippen LogP contribution in [-0.4, -0.2) is 35.2 Å². The predicted molar refractivity (Wildman–Crippen MR) is 76.6 cm³/mol. The van der Waals surface area contributed by atoms with Gasteiger partial charge in [-0.3, -0.25) is 4.90 Å². The van der Waals surface area contributed by atoms with E-state index in [4.69, 9.17) is 5.73 Å². The number of piperidine rings is 1. The van der Waals surface area contributed by atoms with Crippen LogP contribution in [0.4, 0.5) is 0 Å². The molecule has 3 N–H and O–H groups in total. The van der Waals surface area contributed by atoms with Gasteiger partial charge in [0.05, 0.1) is 5.60 Å². The molecule has 1 saturated heterocycles. The van der Waals surface area contributed by atoms with Crippen LogP contribution in [0.2, 0.25) is 0 Å². The maximum atomic E-state index is 10.8. The molecular formula is C16H24N2O. The molecule has 104 valence electrons. The minimum absolute atomic E-state index is 0.355. The van der Waals surface area contributed by atoms with E-state index < -0.39 is 5.60 Å². The molecule has 0 aromatic heterocycles. The van der Waals surface area contributed by atoms with E-state index in [2.05, 4.69) is 35.2 Å². The van der Waals surface area contributed by atoms with E-state index in [1.54, 1.807) is 0 Å². The fourth-order valence-corrected chi connectivity index (χ4v) is 3.94. The van der Waals surface area contributed by atoms with Crippen LogP contribution < -0.4 is 5.73 Å². The van der Waals surface area contributed by atoms with E-state index in [-0.39, 0.29) is 0 Å². The van der Waals surface area contributed by atoms with Gasteiger partial charge in [-0.25, -0.2) is 0 Å². The Labute approximate surface area is 115 Å². The molecule has 2 aliphatic rings. The van der Waals surface area contributed by atoms with Gasteiger partial charge in [0, 0.05) is 38.0 Å². The van der Waals surface area contributed by atoms with Gasteiger partial charge < -0.3 is 10.8 Å². The normalized spacial score (nSPS) is 35.3. The molecule has 2 unspecified atom stereocenters. The number of hydrogen-bond acceptors (Lipinski definition) is 3. The van der Waals surface area contributed by atoms with E-state index in [0.29, 0.717) is 18.4 Å². The molecule has 1 heterocycles. The SMILES string of the molecule is NCC1(O)C2CCCC1CN(Cc1ccccc1)C2. The maximum Gasteiger partial charge on any atom is 0.0849 e. The zero-order valence-corrected chi connectivity index (χ0v) is 11.5. The van der Waals surface area contributed by atoms with Gasteiger partial charge in [-0.1, -0.05) is 36.8 Å². The van der Waals surface area contributed by atoms with Gasteiger partial charge in [0.1, 0.15) is 0 Å². The highest BCUT2D eigenvalue weighted by Gasteiger charge is 2.49. The van der Waals surface area contributed by atoms with Crippen molar-refractivity contribution in [1.29, 1.82) is 0 Å². The average molecular weight is 260 g/mol. The third kappa shape index (κ3) is 2.42. The Bertz CT molecular complexity index is 406. The summed E-state index contributed by atoms with van der Waals surface area (Å²) in [5, 5.41) is 10.8. The van der Waals surface area contributed by atoms with Gasteiger partial charge in [-0.15, -0.1) is 0 Å². The Morgan fingerprint density at radius 2 is 1.79 bits per heavy atom. The first kappa shape index (κ1) is 13.1. The summed E-state index contributed by atoms with van der Waals surface area (Å²) in [5.41, 5.74) is 6.61. The van der Waals surface area contributed by atoms with E-state index in [1.165, 1.54) is 12.0 Å². The lowest BCUT2D eigenvalue weighted by Crippen LogP contribution is -2.63. The van der Waals surface area contributed by atoms with Crippen LogP contribution in [-0.2, 0) is 6.54 Å². The van der Waals surface area contributed by atoms with Gasteiger partial charge in [-0.2, -0.15) is 0 Å². The van der Waals surface area contributed by atoms with Gasteiger partial charge in [0.2, 0.25) is 0 Å². The van der Waals surface area contributed by atoms with Crippen LogP contribution in [0.25, 0.3) is 0 Å². The molecule has 3 nitrogen and oxygen atoms in total. The molecule has 1 aliphatic carbocycles. The highest BCUT2D eigenvalue weighted by Crippen LogP contribution is 2.42. The molecule has 2 atom stereocenters. The van der Waals surface area contributed by atoms with Crippen LogP contribution >= 0.6 is 0 Å². The number of rotatable bonds is 3. The molecule has 1 aromatic carbocycles. The fourth-order valence-electron chi connectivity index (χ4n) is 3.94. The summed E-state index contributed by atoms with van der Waals surface area (Å²) in [4.78, 5) is 2.49. The average Bonchev–Trinajstić information content (AvgIpc) is 2.41. The van der Waals surface area contributed by atoms with Crippen molar-refractivity contribution in [3.05, 3.63) is 35.9 Å². The van der Waals surface area contributed by atoms with E-state index in [0.717, 1.165) is 32.5 Å². The van der Waals surface area contributed by atoms with Gasteiger partial charge in [-0.05, 0) is 18.4 Å². The molecule has 1 saturated carbocycles. The van der Waals surface area contributed by atoms with E-state index >= 15 is 0 Å². The Morgan fingerprint density at radius 1 is 1.16 bits per heavy atom. The summed E-state index contributed by atoms with van der Waals surface area (Å²) in [6.45, 7) is 3.38. The summed E-state index contributed by atoms with van der Waals surface area (Å²) >= 11 is 0. The number of aliphatic hydroxyl groups is 1. The summed E-state index contributed by atoms with van der Waals surface area (Å²) < 4.78 is 0. The minimum Gasteiger partial charge on any atom is -0.388 e. The Hall–Kier alpha value is -0.900. The lowest BCUT2D eigenvalue weighted by molar-refractivity contribution is -0.134. The minimum atomic E-state index is -0.606. The number of benzene rings is 1. The number of fused-ring (bicyclic) bond motifs is 2. The number of likely N-dealkylation sites (tertiary alicyclic amines) is 1.